The fourth-order valence-electron chi connectivity index (χ4n) is 8.58. The van der Waals surface area contributed by atoms with Crippen LogP contribution in [0, 0.1) is 0 Å². The number of aliphatic hydroxyl groups excluding tert-OH is 1. The molecule has 0 bridgehead atoms. The van der Waals surface area contributed by atoms with Gasteiger partial charge in [-0.15, -0.1) is 0 Å². The molecule has 0 aromatic rings. The van der Waals surface area contributed by atoms with Crippen molar-refractivity contribution in [1.29, 1.82) is 0 Å². The van der Waals surface area contributed by atoms with Gasteiger partial charge >= 0.3 is 25.7 Å². The highest BCUT2D eigenvalue weighted by Gasteiger charge is 2.28. The third-order valence-electron chi connectivity index (χ3n) is 13.5. The highest BCUT2D eigenvalue weighted by atomic mass is 31.2. The van der Waals surface area contributed by atoms with Gasteiger partial charge < -0.3 is 24.2 Å². The zero-order valence-electron chi connectivity index (χ0n) is 51.0. The molecular formula is C68H117O11P. The zero-order valence-corrected chi connectivity index (χ0v) is 51.9. The number of hydrogen-bond acceptors (Lipinski definition) is 10. The lowest BCUT2D eigenvalue weighted by atomic mass is 10.1. The van der Waals surface area contributed by atoms with Crippen molar-refractivity contribution in [1.82, 2.24) is 0 Å². The maximum atomic E-state index is 13.0. The van der Waals surface area contributed by atoms with Gasteiger partial charge in [0.05, 0.1) is 19.8 Å². The second kappa shape index (κ2) is 61.5. The van der Waals surface area contributed by atoms with E-state index in [0.717, 1.165) is 116 Å². The lowest BCUT2D eigenvalue weighted by Crippen LogP contribution is -2.30. The fraction of sp³-hybridized carbons (Fsp3) is 0.721. The summed E-state index contributed by atoms with van der Waals surface area (Å²) in [4.78, 5) is 48.8. The summed E-state index contributed by atoms with van der Waals surface area (Å²) >= 11 is 0. The summed E-state index contributed by atoms with van der Waals surface area (Å²) in [6.07, 6.45) is 73.5. The summed E-state index contributed by atoms with van der Waals surface area (Å²) in [5.41, 5.74) is 0. The molecule has 0 amide bonds. The lowest BCUT2D eigenvalue weighted by Gasteiger charge is -2.21. The van der Waals surface area contributed by atoms with Crippen LogP contribution in [0.1, 0.15) is 278 Å². The van der Waals surface area contributed by atoms with E-state index in [9.17, 15) is 28.9 Å². The van der Waals surface area contributed by atoms with Crippen molar-refractivity contribution in [3.63, 3.8) is 0 Å². The number of esters is 3. The predicted octanol–water partition coefficient (Wildman–Crippen LogP) is 19.6. The summed E-state index contributed by atoms with van der Waals surface area (Å²) < 4.78 is 39.7. The number of carbonyl (C=O) groups excluding carboxylic acids is 3. The van der Waals surface area contributed by atoms with E-state index in [4.69, 9.17) is 23.3 Å². The van der Waals surface area contributed by atoms with Crippen LogP contribution in [0.25, 0.3) is 0 Å². The number of phosphoric ester groups is 1. The Bertz CT molecular complexity index is 1710. The standard InChI is InChI=1S/C68H117O11P/c1-4-7-10-13-16-19-22-25-28-31-32-35-38-41-44-47-50-53-56-59-68(72)79-65(61-75-66(70)57-54-51-48-45-42-39-36-33-29-26-23-20-17-14-11-8-5-2)63-77-80(73,74)76-62-64(60-69)78-67(71)58-55-52-49-46-43-40-37-34-30-27-24-21-18-15-12-9-6-3/h9,12,16-21,25-30,37,40,64-65,69H,4-8,10-11,13-15,22-24,31-36,38-39,41-63H2,1-3H3,(H,73,74)/b12-9-,19-16-,20-17-,21-18-,28-25-,29-26-,30-27-,40-37-. The first kappa shape index (κ1) is 76.4. The second-order valence-corrected chi connectivity index (χ2v) is 22.6. The molecule has 3 unspecified atom stereocenters. The van der Waals surface area contributed by atoms with Gasteiger partial charge in [-0.05, 0) is 122 Å². The van der Waals surface area contributed by atoms with Crippen molar-refractivity contribution in [2.75, 3.05) is 26.4 Å². The molecule has 0 spiro atoms. The number of ether oxygens (including phenoxy) is 3. The van der Waals surface area contributed by atoms with Crippen LogP contribution in [-0.4, -0.2) is 66.5 Å². The molecular weight excluding hydrogens is 1020 g/mol. The van der Waals surface area contributed by atoms with Gasteiger partial charge in [-0.25, -0.2) is 4.57 Å². The number of unbranched alkanes of at least 4 members (excludes halogenated alkanes) is 26. The molecule has 0 heterocycles. The Hall–Kier alpha value is -3.60. The Balaban J connectivity index is 4.75. The molecule has 0 saturated carbocycles. The third-order valence-corrected chi connectivity index (χ3v) is 14.4. The van der Waals surface area contributed by atoms with E-state index in [2.05, 4.69) is 118 Å². The molecule has 0 aliphatic carbocycles. The molecule has 80 heavy (non-hydrogen) atoms. The summed E-state index contributed by atoms with van der Waals surface area (Å²) in [6, 6.07) is 0. The average Bonchev–Trinajstić information content (AvgIpc) is 3.45. The van der Waals surface area contributed by atoms with E-state index in [-0.39, 0.29) is 25.9 Å². The van der Waals surface area contributed by atoms with E-state index in [0.29, 0.717) is 19.3 Å². The molecule has 0 saturated heterocycles. The minimum absolute atomic E-state index is 0.145. The topological polar surface area (TPSA) is 155 Å². The van der Waals surface area contributed by atoms with Crippen molar-refractivity contribution < 1.29 is 52.2 Å². The summed E-state index contributed by atoms with van der Waals surface area (Å²) in [7, 11) is -4.77. The van der Waals surface area contributed by atoms with Crippen LogP contribution in [-0.2, 0) is 42.2 Å². The predicted molar refractivity (Wildman–Crippen MR) is 334 cm³/mol. The minimum Gasteiger partial charge on any atom is -0.462 e. The molecule has 0 aliphatic heterocycles. The van der Waals surface area contributed by atoms with E-state index in [1.807, 2.05) is 0 Å². The van der Waals surface area contributed by atoms with Crippen LogP contribution in [0.2, 0.25) is 0 Å². The number of carbonyl (C=O) groups is 3. The number of hydrogen-bond donors (Lipinski definition) is 2. The largest absolute Gasteiger partial charge is 0.472 e. The Morgan fingerprint density at radius 2 is 0.650 bits per heavy atom. The van der Waals surface area contributed by atoms with E-state index < -0.39 is 57.8 Å². The van der Waals surface area contributed by atoms with Crippen LogP contribution >= 0.6 is 7.82 Å². The highest BCUT2D eigenvalue weighted by Crippen LogP contribution is 2.43. The Morgan fingerprint density at radius 3 is 1.00 bits per heavy atom. The smallest absolute Gasteiger partial charge is 0.462 e. The number of allylic oxidation sites excluding steroid dienone is 16. The Morgan fingerprint density at radius 1 is 0.362 bits per heavy atom. The van der Waals surface area contributed by atoms with Crippen molar-refractivity contribution in [2.24, 2.45) is 0 Å². The molecule has 0 rings (SSSR count). The van der Waals surface area contributed by atoms with Gasteiger partial charge in [0.25, 0.3) is 0 Å². The molecule has 12 heteroatoms. The fourth-order valence-corrected chi connectivity index (χ4v) is 9.37. The average molecular weight is 1140 g/mol. The van der Waals surface area contributed by atoms with Crippen molar-refractivity contribution in [3.8, 4) is 0 Å². The molecule has 11 nitrogen and oxygen atoms in total. The van der Waals surface area contributed by atoms with Gasteiger partial charge in [0.2, 0.25) is 0 Å². The third kappa shape index (κ3) is 59.0. The number of phosphoric acid groups is 1. The van der Waals surface area contributed by atoms with Crippen molar-refractivity contribution in [2.45, 2.75) is 290 Å². The van der Waals surface area contributed by atoms with Gasteiger partial charge in [-0.2, -0.15) is 0 Å². The monoisotopic (exact) mass is 1140 g/mol. The first-order valence-electron chi connectivity index (χ1n) is 32.1. The van der Waals surface area contributed by atoms with E-state index in [1.54, 1.807) is 0 Å². The number of aliphatic hydroxyl groups is 1. The molecule has 0 aromatic carbocycles. The van der Waals surface area contributed by atoms with Gasteiger partial charge in [-0.1, -0.05) is 234 Å². The van der Waals surface area contributed by atoms with Crippen LogP contribution in [0.15, 0.2) is 97.2 Å². The van der Waals surface area contributed by atoms with E-state index in [1.165, 1.54) is 103 Å². The maximum absolute atomic E-state index is 13.0. The normalized spacial score (nSPS) is 13.9. The Kier molecular flexibility index (Phi) is 58.7. The molecule has 0 aromatic heterocycles. The zero-order chi connectivity index (χ0) is 58.3. The van der Waals surface area contributed by atoms with Crippen LogP contribution in [0.5, 0.6) is 0 Å². The van der Waals surface area contributed by atoms with Crippen molar-refractivity contribution in [3.05, 3.63) is 97.2 Å². The summed E-state index contributed by atoms with van der Waals surface area (Å²) in [5.74, 6) is -1.50. The quantitative estimate of drug-likeness (QED) is 0.0197. The summed E-state index contributed by atoms with van der Waals surface area (Å²) in [5, 5.41) is 9.85. The highest BCUT2D eigenvalue weighted by molar-refractivity contribution is 7.47. The van der Waals surface area contributed by atoms with Crippen LogP contribution in [0.4, 0.5) is 0 Å². The van der Waals surface area contributed by atoms with Gasteiger partial charge in [0.15, 0.2) is 6.10 Å². The molecule has 0 aliphatic rings. The van der Waals surface area contributed by atoms with E-state index >= 15 is 0 Å². The SMILES string of the molecule is CC/C=C\C/C=C\C/C=C\C/C=C\CCCCCCC(=O)OC(CO)COP(=O)(O)OCC(COC(=O)CCCCCCCCC/C=C\C/C=C\CCCCC)OC(=O)CCCCCCCCCCC/C=C\C/C=C\CCCCC. The first-order chi connectivity index (χ1) is 39.2. The minimum atomic E-state index is -4.77. The molecule has 3 atom stereocenters. The second-order valence-electron chi connectivity index (χ2n) is 21.2. The molecule has 2 N–H and O–H groups in total. The van der Waals surface area contributed by atoms with Crippen LogP contribution < -0.4 is 0 Å². The van der Waals surface area contributed by atoms with Gasteiger partial charge in [0, 0.05) is 19.3 Å². The lowest BCUT2D eigenvalue weighted by molar-refractivity contribution is -0.161. The van der Waals surface area contributed by atoms with Gasteiger partial charge in [-0.3, -0.25) is 23.4 Å². The van der Waals surface area contributed by atoms with Gasteiger partial charge in [0.1, 0.15) is 12.7 Å². The first-order valence-corrected chi connectivity index (χ1v) is 33.6. The molecule has 0 fully saturated rings. The number of rotatable bonds is 59. The van der Waals surface area contributed by atoms with Crippen LogP contribution in [0.3, 0.4) is 0 Å². The Labute approximate surface area is 489 Å². The summed E-state index contributed by atoms with van der Waals surface area (Å²) in [6.45, 7) is 4.47. The maximum Gasteiger partial charge on any atom is 0.472 e. The molecule has 0 radical (unpaired) electrons. The van der Waals surface area contributed by atoms with Crippen molar-refractivity contribution >= 4 is 25.7 Å². The molecule has 460 valence electrons.